The van der Waals surface area contributed by atoms with E-state index in [0.717, 1.165) is 10.6 Å². The van der Waals surface area contributed by atoms with Crippen LogP contribution in [0.25, 0.3) is 0 Å². The quantitative estimate of drug-likeness (QED) is 0.553. The maximum absolute atomic E-state index is 13.2. The van der Waals surface area contributed by atoms with Gasteiger partial charge in [-0.1, -0.05) is 18.2 Å². The maximum atomic E-state index is 13.2. The van der Waals surface area contributed by atoms with Gasteiger partial charge in [0, 0.05) is 26.2 Å². The van der Waals surface area contributed by atoms with Crippen molar-refractivity contribution in [3.8, 4) is 5.75 Å². The Bertz CT molecular complexity index is 1160. The number of nitrogens with zero attached hydrogens (tertiary/aromatic N) is 3. The lowest BCUT2D eigenvalue weighted by Crippen LogP contribution is -2.56. The summed E-state index contributed by atoms with van der Waals surface area (Å²) in [5.41, 5.74) is 0.354. The van der Waals surface area contributed by atoms with Crippen molar-refractivity contribution in [3.05, 3.63) is 54.6 Å². The van der Waals surface area contributed by atoms with E-state index in [1.165, 1.54) is 28.3 Å². The number of carbonyl (C=O) groups is 1. The second-order valence-corrected chi connectivity index (χ2v) is 11.5. The molecule has 0 aromatic heterocycles. The Balaban J connectivity index is 1.73. The highest BCUT2D eigenvalue weighted by molar-refractivity contribution is 7.92. The first kappa shape index (κ1) is 25.0. The van der Waals surface area contributed by atoms with Crippen LogP contribution in [0.2, 0.25) is 0 Å². The first-order valence-corrected chi connectivity index (χ1v) is 13.9. The summed E-state index contributed by atoms with van der Waals surface area (Å²) in [4.78, 5) is 14.9. The number of anilines is 1. The van der Waals surface area contributed by atoms with Gasteiger partial charge in [0.25, 0.3) is 0 Å². The van der Waals surface area contributed by atoms with Crippen LogP contribution in [0.4, 0.5) is 5.69 Å². The summed E-state index contributed by atoms with van der Waals surface area (Å²) >= 11 is 0. The van der Waals surface area contributed by atoms with Gasteiger partial charge in [0.15, 0.2) is 0 Å². The highest BCUT2D eigenvalue weighted by atomic mass is 32.2. The zero-order valence-electron chi connectivity index (χ0n) is 18.9. The molecule has 180 valence electrons. The molecular formula is C22H29N3O6S2. The Morgan fingerprint density at radius 2 is 1.55 bits per heavy atom. The third-order valence-corrected chi connectivity index (χ3v) is 8.55. The number of hydrogen-bond donors (Lipinski definition) is 0. The smallest absolute Gasteiger partial charge is 0.246 e. The van der Waals surface area contributed by atoms with E-state index >= 15 is 0 Å². The highest BCUT2D eigenvalue weighted by Gasteiger charge is 2.35. The minimum atomic E-state index is -3.76. The topological polar surface area (TPSA) is 104 Å². The molecule has 1 saturated heterocycles. The van der Waals surface area contributed by atoms with E-state index in [-0.39, 0.29) is 37.0 Å². The van der Waals surface area contributed by atoms with Gasteiger partial charge in [-0.15, -0.1) is 0 Å². The van der Waals surface area contributed by atoms with Gasteiger partial charge in [-0.2, -0.15) is 4.31 Å². The fraction of sp³-hybridized carbons (Fsp3) is 0.409. The van der Waals surface area contributed by atoms with Crippen LogP contribution in [-0.2, 0) is 24.8 Å². The minimum absolute atomic E-state index is 0.137. The van der Waals surface area contributed by atoms with Crippen LogP contribution in [0.5, 0.6) is 5.75 Å². The van der Waals surface area contributed by atoms with Gasteiger partial charge in [-0.05, 0) is 50.2 Å². The van der Waals surface area contributed by atoms with E-state index in [9.17, 15) is 21.6 Å². The zero-order valence-corrected chi connectivity index (χ0v) is 20.5. The van der Waals surface area contributed by atoms with E-state index in [2.05, 4.69) is 0 Å². The van der Waals surface area contributed by atoms with Crippen LogP contribution < -0.4 is 9.04 Å². The molecule has 1 unspecified atom stereocenters. The molecule has 9 nitrogen and oxygen atoms in total. The first-order valence-electron chi connectivity index (χ1n) is 10.6. The molecular weight excluding hydrogens is 466 g/mol. The number of benzene rings is 2. The lowest BCUT2D eigenvalue weighted by Gasteiger charge is -2.37. The number of hydrogen-bond acceptors (Lipinski definition) is 6. The third-order valence-electron chi connectivity index (χ3n) is 5.40. The van der Waals surface area contributed by atoms with E-state index in [1.807, 2.05) is 6.92 Å². The largest absolute Gasteiger partial charge is 0.494 e. The Hall–Kier alpha value is -2.63. The average Bonchev–Trinajstić information content (AvgIpc) is 2.80. The summed E-state index contributed by atoms with van der Waals surface area (Å²) in [5.74, 6) is 0.218. The summed E-state index contributed by atoms with van der Waals surface area (Å²) in [5, 5.41) is 0. The molecule has 0 N–H and O–H groups in total. The van der Waals surface area contributed by atoms with Crippen molar-refractivity contribution in [3.63, 3.8) is 0 Å². The van der Waals surface area contributed by atoms with E-state index in [4.69, 9.17) is 4.74 Å². The molecule has 1 aliphatic rings. The van der Waals surface area contributed by atoms with Crippen LogP contribution in [-0.4, -0.2) is 77.0 Å². The molecule has 0 spiro atoms. The number of ether oxygens (including phenoxy) is 1. The predicted molar refractivity (Wildman–Crippen MR) is 126 cm³/mol. The molecule has 0 aliphatic carbocycles. The van der Waals surface area contributed by atoms with Crippen LogP contribution >= 0.6 is 0 Å². The van der Waals surface area contributed by atoms with Gasteiger partial charge < -0.3 is 9.64 Å². The van der Waals surface area contributed by atoms with Crippen LogP contribution in [0, 0.1) is 0 Å². The zero-order chi connectivity index (χ0) is 24.2. The normalized spacial score (nSPS) is 16.3. The predicted octanol–water partition coefficient (Wildman–Crippen LogP) is 1.77. The van der Waals surface area contributed by atoms with Crippen LogP contribution in [0.15, 0.2) is 59.5 Å². The van der Waals surface area contributed by atoms with Gasteiger partial charge in [0.2, 0.25) is 26.0 Å². The molecule has 0 radical (unpaired) electrons. The highest BCUT2D eigenvalue weighted by Crippen LogP contribution is 2.25. The number of piperazine rings is 1. The fourth-order valence-electron chi connectivity index (χ4n) is 3.81. The van der Waals surface area contributed by atoms with Crippen molar-refractivity contribution in [1.82, 2.24) is 9.21 Å². The molecule has 0 bridgehead atoms. The number of sulfonamides is 2. The summed E-state index contributed by atoms with van der Waals surface area (Å²) in [7, 11) is -7.40. The van der Waals surface area contributed by atoms with Gasteiger partial charge in [0.05, 0.1) is 23.4 Å². The van der Waals surface area contributed by atoms with Gasteiger partial charge in [-0.3, -0.25) is 9.10 Å². The SMILES string of the molecule is CCOc1ccc(N(C(C)C(=O)N2CCN(S(=O)(=O)c3ccccc3)CC2)S(C)(=O)=O)cc1. The molecule has 33 heavy (non-hydrogen) atoms. The summed E-state index contributed by atoms with van der Waals surface area (Å²) in [6.45, 7) is 4.49. The summed E-state index contributed by atoms with van der Waals surface area (Å²) in [6.07, 6.45) is 1.05. The van der Waals surface area contributed by atoms with Gasteiger partial charge in [-0.25, -0.2) is 16.8 Å². The lowest BCUT2D eigenvalue weighted by atomic mass is 10.2. The molecule has 1 atom stereocenters. The second-order valence-electron chi connectivity index (χ2n) is 7.70. The summed E-state index contributed by atoms with van der Waals surface area (Å²) < 4.78 is 58.6. The Labute approximate surface area is 195 Å². The average molecular weight is 496 g/mol. The molecule has 2 aromatic rings. The maximum Gasteiger partial charge on any atom is 0.246 e. The Morgan fingerprint density at radius 1 is 0.970 bits per heavy atom. The standard InChI is InChI=1S/C22H29N3O6S2/c1-4-31-20-12-10-19(11-13-20)25(32(3,27)28)18(2)22(26)23-14-16-24(17-15-23)33(29,30)21-8-6-5-7-9-21/h5-13,18H,4,14-17H2,1-3H3. The molecule has 1 aliphatic heterocycles. The van der Waals surface area contributed by atoms with Crippen molar-refractivity contribution in [2.75, 3.05) is 43.3 Å². The molecule has 1 heterocycles. The number of carbonyl (C=O) groups excluding carboxylic acids is 1. The Kier molecular flexibility index (Phi) is 7.65. The molecule has 1 fully saturated rings. The van der Waals surface area contributed by atoms with Crippen molar-refractivity contribution < 1.29 is 26.4 Å². The molecule has 2 aromatic carbocycles. The lowest BCUT2D eigenvalue weighted by molar-refractivity contribution is -0.133. The molecule has 1 amide bonds. The monoisotopic (exact) mass is 495 g/mol. The number of rotatable bonds is 8. The van der Waals surface area contributed by atoms with Crippen LogP contribution in [0.1, 0.15) is 13.8 Å². The number of amides is 1. The third kappa shape index (κ3) is 5.66. The fourth-order valence-corrected chi connectivity index (χ4v) is 6.43. The van der Waals surface area contributed by atoms with Crippen molar-refractivity contribution in [1.29, 1.82) is 0 Å². The minimum Gasteiger partial charge on any atom is -0.494 e. The second kappa shape index (κ2) is 10.1. The molecule has 11 heteroatoms. The van der Waals surface area contributed by atoms with E-state index in [1.54, 1.807) is 42.5 Å². The van der Waals surface area contributed by atoms with E-state index < -0.39 is 26.1 Å². The van der Waals surface area contributed by atoms with Crippen LogP contribution in [0.3, 0.4) is 0 Å². The first-order chi connectivity index (χ1) is 15.6. The summed E-state index contributed by atoms with van der Waals surface area (Å²) in [6, 6.07) is 13.7. The Morgan fingerprint density at radius 3 is 2.06 bits per heavy atom. The molecule has 0 saturated carbocycles. The van der Waals surface area contributed by atoms with Gasteiger partial charge >= 0.3 is 0 Å². The van der Waals surface area contributed by atoms with Crippen molar-refractivity contribution in [2.24, 2.45) is 0 Å². The van der Waals surface area contributed by atoms with Gasteiger partial charge in [0.1, 0.15) is 11.8 Å². The van der Waals surface area contributed by atoms with Crippen molar-refractivity contribution in [2.45, 2.75) is 24.8 Å². The van der Waals surface area contributed by atoms with E-state index in [0.29, 0.717) is 18.0 Å². The molecule has 3 rings (SSSR count). The van der Waals surface area contributed by atoms with Crippen molar-refractivity contribution >= 4 is 31.6 Å².